The molecule has 36 heavy (non-hydrogen) atoms. The lowest BCUT2D eigenvalue weighted by Gasteiger charge is -2.42. The molecular formula is C25H26F3N5O2S. The number of nitrogens with one attached hydrogen (secondary N) is 1. The van der Waals surface area contributed by atoms with Gasteiger partial charge < -0.3 is 10.6 Å². The van der Waals surface area contributed by atoms with Gasteiger partial charge in [0.25, 0.3) is 0 Å². The molecule has 3 N–H and O–H groups in total. The minimum atomic E-state index is -4.47. The van der Waals surface area contributed by atoms with Gasteiger partial charge in [0, 0.05) is 30.4 Å². The number of hydrogen-bond acceptors (Lipinski definition) is 6. The topological polar surface area (TPSA) is 101 Å². The molecular weight excluding hydrogens is 491 g/mol. The zero-order valence-electron chi connectivity index (χ0n) is 19.6. The summed E-state index contributed by atoms with van der Waals surface area (Å²) < 4.78 is 65.8. The molecule has 1 aliphatic heterocycles. The van der Waals surface area contributed by atoms with Gasteiger partial charge in [-0.15, -0.1) is 0 Å². The number of rotatable bonds is 4. The summed E-state index contributed by atoms with van der Waals surface area (Å²) in [6, 6.07) is 10.6. The SMILES string of the molecule is CS(=O)(=O)Nc1ccc2c(c1)[C@@H](N)C1(CCN(c3cnc(-c4ccccc4C(F)(F)F)cn3)CC1)C2. The van der Waals surface area contributed by atoms with E-state index in [1.54, 1.807) is 12.1 Å². The van der Waals surface area contributed by atoms with Crippen molar-refractivity contribution in [2.75, 3.05) is 29.0 Å². The predicted octanol–water partition coefficient (Wildman–Crippen LogP) is 4.38. The van der Waals surface area contributed by atoms with Crippen molar-refractivity contribution < 1.29 is 21.6 Å². The van der Waals surface area contributed by atoms with Crippen LogP contribution in [-0.4, -0.2) is 37.7 Å². The quantitative estimate of drug-likeness (QED) is 0.533. The lowest BCUT2D eigenvalue weighted by molar-refractivity contribution is -0.137. The van der Waals surface area contributed by atoms with Crippen molar-refractivity contribution >= 4 is 21.5 Å². The number of nitrogens with two attached hydrogens (primary N) is 1. The first-order valence-electron chi connectivity index (χ1n) is 11.5. The molecule has 0 radical (unpaired) electrons. The van der Waals surface area contributed by atoms with Crippen LogP contribution in [0.3, 0.4) is 0 Å². The highest BCUT2D eigenvalue weighted by molar-refractivity contribution is 7.92. The van der Waals surface area contributed by atoms with Crippen LogP contribution in [0.4, 0.5) is 24.7 Å². The fraction of sp³-hybridized carbons (Fsp3) is 0.360. The molecule has 1 aromatic heterocycles. The molecule has 0 amide bonds. The Morgan fingerprint density at radius 3 is 2.44 bits per heavy atom. The van der Waals surface area contributed by atoms with Crippen LogP contribution in [0.15, 0.2) is 54.9 Å². The van der Waals surface area contributed by atoms with Crippen LogP contribution < -0.4 is 15.4 Å². The molecule has 0 saturated carbocycles. The summed E-state index contributed by atoms with van der Waals surface area (Å²) in [5.74, 6) is 0.613. The number of aromatic nitrogens is 2. The molecule has 1 spiro atoms. The smallest absolute Gasteiger partial charge is 0.355 e. The number of benzene rings is 2. The van der Waals surface area contributed by atoms with Crippen LogP contribution in [0, 0.1) is 5.41 Å². The Labute approximate surface area is 207 Å². The van der Waals surface area contributed by atoms with Gasteiger partial charge in [0.1, 0.15) is 5.82 Å². The van der Waals surface area contributed by atoms with E-state index in [2.05, 4.69) is 19.6 Å². The highest BCUT2D eigenvalue weighted by atomic mass is 32.2. The first kappa shape index (κ1) is 24.5. The van der Waals surface area contributed by atoms with Gasteiger partial charge in [0.15, 0.2) is 0 Å². The van der Waals surface area contributed by atoms with Crippen LogP contribution in [-0.2, 0) is 22.6 Å². The monoisotopic (exact) mass is 517 g/mol. The van der Waals surface area contributed by atoms with Gasteiger partial charge in [-0.05, 0) is 54.0 Å². The number of halogens is 3. The van der Waals surface area contributed by atoms with Crippen LogP contribution in [0.1, 0.15) is 35.6 Å². The highest BCUT2D eigenvalue weighted by Crippen LogP contribution is 2.51. The lowest BCUT2D eigenvalue weighted by atomic mass is 9.73. The lowest BCUT2D eigenvalue weighted by Crippen LogP contribution is -2.44. The first-order valence-corrected chi connectivity index (χ1v) is 13.4. The van der Waals surface area contributed by atoms with E-state index in [0.717, 1.165) is 42.7 Å². The third-order valence-electron chi connectivity index (χ3n) is 7.22. The van der Waals surface area contributed by atoms with Gasteiger partial charge in [0.2, 0.25) is 10.0 Å². The molecule has 3 aromatic rings. The molecule has 1 aliphatic carbocycles. The van der Waals surface area contributed by atoms with Crippen molar-refractivity contribution in [3.05, 3.63) is 71.5 Å². The van der Waals surface area contributed by atoms with Gasteiger partial charge in [-0.1, -0.05) is 24.3 Å². The van der Waals surface area contributed by atoms with Crippen molar-refractivity contribution in [2.24, 2.45) is 11.1 Å². The molecule has 0 unspecified atom stereocenters. The van der Waals surface area contributed by atoms with E-state index in [1.807, 2.05) is 12.1 Å². The second kappa shape index (κ2) is 8.74. The zero-order chi connectivity index (χ0) is 25.7. The van der Waals surface area contributed by atoms with Crippen LogP contribution in [0.2, 0.25) is 0 Å². The molecule has 1 atom stereocenters. The zero-order valence-corrected chi connectivity index (χ0v) is 20.4. The fourth-order valence-corrected chi connectivity index (χ4v) is 5.94. The largest absolute Gasteiger partial charge is 0.417 e. The molecule has 7 nitrogen and oxygen atoms in total. The van der Waals surface area contributed by atoms with Crippen molar-refractivity contribution in [2.45, 2.75) is 31.5 Å². The summed E-state index contributed by atoms with van der Waals surface area (Å²) >= 11 is 0. The minimum Gasteiger partial charge on any atom is -0.355 e. The van der Waals surface area contributed by atoms with Gasteiger partial charge in [-0.2, -0.15) is 13.2 Å². The number of nitrogens with zero attached hydrogens (tertiary/aromatic N) is 3. The summed E-state index contributed by atoms with van der Waals surface area (Å²) in [5.41, 5.74) is 8.58. The Hall–Kier alpha value is -3.18. The molecule has 2 heterocycles. The third-order valence-corrected chi connectivity index (χ3v) is 7.82. The molecule has 190 valence electrons. The van der Waals surface area contributed by atoms with E-state index < -0.39 is 21.8 Å². The van der Waals surface area contributed by atoms with E-state index in [-0.39, 0.29) is 22.7 Å². The Bertz CT molecular complexity index is 1390. The predicted molar refractivity (Wildman–Crippen MR) is 132 cm³/mol. The average Bonchev–Trinajstić information content (AvgIpc) is 3.09. The summed E-state index contributed by atoms with van der Waals surface area (Å²) in [7, 11) is -3.38. The Morgan fingerprint density at radius 1 is 1.08 bits per heavy atom. The van der Waals surface area contributed by atoms with Gasteiger partial charge in [-0.3, -0.25) is 9.71 Å². The molecule has 11 heteroatoms. The second-order valence-electron chi connectivity index (χ2n) is 9.59. The first-order chi connectivity index (χ1) is 17.0. The normalized spacial score (nSPS) is 19.4. The van der Waals surface area contributed by atoms with Gasteiger partial charge in [0.05, 0.1) is 29.9 Å². The summed E-state index contributed by atoms with van der Waals surface area (Å²) in [4.78, 5) is 10.8. The maximum absolute atomic E-state index is 13.4. The van der Waals surface area contributed by atoms with Crippen LogP contribution in [0.5, 0.6) is 0 Å². The summed E-state index contributed by atoms with van der Waals surface area (Å²) in [5, 5.41) is 0. The maximum atomic E-state index is 13.4. The number of alkyl halides is 3. The summed E-state index contributed by atoms with van der Waals surface area (Å²) in [6.07, 6.45) is 1.97. The number of anilines is 2. The van der Waals surface area contributed by atoms with E-state index in [9.17, 15) is 21.6 Å². The summed E-state index contributed by atoms with van der Waals surface area (Å²) in [6.45, 7) is 1.37. The van der Waals surface area contributed by atoms with Gasteiger partial charge >= 0.3 is 6.18 Å². The van der Waals surface area contributed by atoms with Gasteiger partial charge in [-0.25, -0.2) is 13.4 Å². The van der Waals surface area contributed by atoms with E-state index in [1.165, 1.54) is 24.5 Å². The fourth-order valence-electron chi connectivity index (χ4n) is 5.39. The molecule has 0 bridgehead atoms. The maximum Gasteiger partial charge on any atom is 0.417 e. The van der Waals surface area contributed by atoms with Crippen molar-refractivity contribution in [1.29, 1.82) is 0 Å². The Balaban J connectivity index is 1.30. The Morgan fingerprint density at radius 2 is 1.81 bits per heavy atom. The minimum absolute atomic E-state index is 0.000993. The molecule has 1 fully saturated rings. The third kappa shape index (κ3) is 4.64. The Kier molecular flexibility index (Phi) is 5.95. The number of fused-ring (bicyclic) bond motifs is 1. The van der Waals surface area contributed by atoms with Crippen molar-refractivity contribution in [1.82, 2.24) is 9.97 Å². The molecule has 2 aromatic carbocycles. The van der Waals surface area contributed by atoms with Crippen LogP contribution >= 0.6 is 0 Å². The standard InChI is InChI=1S/C25H26F3N5O2S/c1-36(34,35)32-17-7-6-16-13-24(23(29)19(16)12-17)8-10-33(11-9-24)22-15-30-21(14-31-22)18-4-2-3-5-20(18)25(26,27)28/h2-7,12,14-15,23,32H,8-11,13,29H2,1H3/t23-/m1/s1. The number of hydrogen-bond donors (Lipinski definition) is 2. The number of piperidine rings is 1. The average molecular weight is 518 g/mol. The molecule has 2 aliphatic rings. The highest BCUT2D eigenvalue weighted by Gasteiger charge is 2.46. The molecule has 5 rings (SSSR count). The number of sulfonamides is 1. The van der Waals surface area contributed by atoms with Crippen molar-refractivity contribution in [3.8, 4) is 11.3 Å². The second-order valence-corrected chi connectivity index (χ2v) is 11.3. The van der Waals surface area contributed by atoms with Crippen LogP contribution in [0.25, 0.3) is 11.3 Å². The van der Waals surface area contributed by atoms with E-state index >= 15 is 0 Å². The van der Waals surface area contributed by atoms with Crippen molar-refractivity contribution in [3.63, 3.8) is 0 Å². The van der Waals surface area contributed by atoms with E-state index in [0.29, 0.717) is 24.6 Å². The van der Waals surface area contributed by atoms with E-state index in [4.69, 9.17) is 5.73 Å². The molecule has 1 saturated heterocycles.